The van der Waals surface area contributed by atoms with Gasteiger partial charge in [0, 0.05) is 23.5 Å². The molecule has 10 nitrogen and oxygen atoms in total. The summed E-state index contributed by atoms with van der Waals surface area (Å²) in [5.74, 6) is -1.92. The van der Waals surface area contributed by atoms with Crippen molar-refractivity contribution in [2.24, 2.45) is 11.5 Å². The lowest BCUT2D eigenvalue weighted by Crippen LogP contribution is -2.36. The Bertz CT molecular complexity index is 411. The third kappa shape index (κ3) is 9.61. The van der Waals surface area contributed by atoms with Gasteiger partial charge < -0.3 is 11.5 Å². The van der Waals surface area contributed by atoms with E-state index in [4.69, 9.17) is 22.3 Å². The van der Waals surface area contributed by atoms with Crippen molar-refractivity contribution >= 4 is 56.2 Å². The fourth-order valence-corrected chi connectivity index (χ4v) is 1.44. The summed E-state index contributed by atoms with van der Waals surface area (Å²) >= 11 is 0.550. The highest BCUT2D eigenvalue weighted by molar-refractivity contribution is 8.26. The molecular weight excluding hydrogens is 296 g/mol. The molecule has 0 fully saturated rings. The number of carbonyl (C=O) groups excluding carboxylic acids is 4. The Kier molecular flexibility index (Phi) is 7.21. The third-order valence-electron chi connectivity index (χ3n) is 1.21. The summed E-state index contributed by atoms with van der Waals surface area (Å²) in [4.78, 5) is 44.2. The second-order valence-corrected chi connectivity index (χ2v) is 4.81. The SMILES string of the molecule is N=C(N)SC(=O)NC(=O)CC(=O)NC(=O)SC(=N)N. The summed E-state index contributed by atoms with van der Waals surface area (Å²) < 4.78 is 0. The molecule has 0 radical (unpaired) electrons. The Morgan fingerprint density at radius 1 is 0.842 bits per heavy atom. The van der Waals surface area contributed by atoms with Crippen molar-refractivity contribution in [2.75, 3.05) is 0 Å². The molecule has 8 N–H and O–H groups in total. The zero-order valence-electron chi connectivity index (χ0n) is 9.31. The number of amides is 4. The molecular formula is C7H10N6O4S2. The number of thioether (sulfide) groups is 2. The Hall–Kier alpha value is -2.08. The molecule has 0 spiro atoms. The second kappa shape index (κ2) is 8.10. The summed E-state index contributed by atoms with van der Waals surface area (Å²) in [6.45, 7) is 0. The standard InChI is InChI=1S/C7H10N6O4S2/c8-4(9)18-6(16)12-2(14)1-3(15)13-7(17)19-5(10)11/h1H2,(H3,8,9)(H3,10,11)(H,12,14,16)(H,13,15,17). The molecule has 0 saturated carbocycles. The van der Waals surface area contributed by atoms with Crippen LogP contribution in [0.4, 0.5) is 9.59 Å². The minimum Gasteiger partial charge on any atom is -0.378 e. The maximum absolute atomic E-state index is 11.1. The van der Waals surface area contributed by atoms with Crippen molar-refractivity contribution in [3.63, 3.8) is 0 Å². The van der Waals surface area contributed by atoms with Crippen LogP contribution in [0.15, 0.2) is 0 Å². The van der Waals surface area contributed by atoms with Crippen molar-refractivity contribution < 1.29 is 19.2 Å². The average Bonchev–Trinajstić information content (AvgIpc) is 2.12. The van der Waals surface area contributed by atoms with Crippen LogP contribution in [0.3, 0.4) is 0 Å². The van der Waals surface area contributed by atoms with E-state index in [1.165, 1.54) is 0 Å². The molecule has 19 heavy (non-hydrogen) atoms. The number of rotatable bonds is 2. The molecule has 0 heterocycles. The Morgan fingerprint density at radius 2 is 1.16 bits per heavy atom. The maximum atomic E-state index is 11.1. The third-order valence-corrected chi connectivity index (χ3v) is 2.22. The van der Waals surface area contributed by atoms with Gasteiger partial charge in [-0.2, -0.15) is 0 Å². The molecule has 0 aromatic carbocycles. The zero-order chi connectivity index (χ0) is 15.0. The van der Waals surface area contributed by atoms with Crippen molar-refractivity contribution in [1.29, 1.82) is 10.8 Å². The Morgan fingerprint density at radius 3 is 1.42 bits per heavy atom. The van der Waals surface area contributed by atoms with Crippen molar-refractivity contribution in [2.45, 2.75) is 6.42 Å². The van der Waals surface area contributed by atoms with Gasteiger partial charge in [-0.05, 0) is 0 Å². The maximum Gasteiger partial charge on any atom is 0.293 e. The topological polar surface area (TPSA) is 192 Å². The average molecular weight is 306 g/mol. The van der Waals surface area contributed by atoms with Gasteiger partial charge in [0.25, 0.3) is 10.5 Å². The minimum absolute atomic E-state index is 0.275. The van der Waals surface area contributed by atoms with Crippen molar-refractivity contribution in [3.8, 4) is 0 Å². The molecule has 104 valence electrons. The lowest BCUT2D eigenvalue weighted by atomic mass is 10.4. The van der Waals surface area contributed by atoms with Crippen LogP contribution in [-0.2, 0) is 9.59 Å². The summed E-state index contributed by atoms with van der Waals surface area (Å²) in [5.41, 5.74) is 9.80. The van der Waals surface area contributed by atoms with E-state index >= 15 is 0 Å². The number of nitrogens with one attached hydrogen (secondary N) is 4. The van der Waals surface area contributed by atoms with E-state index in [0.717, 1.165) is 0 Å². The molecule has 0 aromatic rings. The number of carbonyl (C=O) groups is 4. The molecule has 0 aliphatic carbocycles. The minimum atomic E-state index is -0.961. The first-order valence-electron chi connectivity index (χ1n) is 4.42. The van der Waals surface area contributed by atoms with E-state index in [-0.39, 0.29) is 23.5 Å². The Labute approximate surface area is 115 Å². The van der Waals surface area contributed by atoms with E-state index in [2.05, 4.69) is 0 Å². The van der Waals surface area contributed by atoms with Crippen molar-refractivity contribution in [1.82, 2.24) is 10.6 Å². The molecule has 0 bridgehead atoms. The summed E-state index contributed by atoms with van der Waals surface area (Å²) in [6.07, 6.45) is -0.769. The fourth-order valence-electron chi connectivity index (χ4n) is 0.713. The lowest BCUT2D eigenvalue weighted by molar-refractivity contribution is -0.127. The summed E-state index contributed by atoms with van der Waals surface area (Å²) in [5, 5.41) is 14.3. The molecule has 0 saturated heterocycles. The van der Waals surface area contributed by atoms with Gasteiger partial charge in [-0.3, -0.25) is 40.6 Å². The van der Waals surface area contributed by atoms with E-state index in [1.54, 1.807) is 10.6 Å². The van der Waals surface area contributed by atoms with Crippen LogP contribution in [0.1, 0.15) is 6.42 Å². The fraction of sp³-hybridized carbons (Fsp3) is 0.143. The first kappa shape index (κ1) is 16.9. The first-order chi connectivity index (χ1) is 8.70. The number of hydrogen-bond donors (Lipinski definition) is 6. The molecule has 4 amide bonds. The highest BCUT2D eigenvalue weighted by atomic mass is 32.2. The van der Waals surface area contributed by atoms with Crippen LogP contribution in [0.25, 0.3) is 0 Å². The summed E-state index contributed by atoms with van der Waals surface area (Å²) in [6, 6.07) is 0. The van der Waals surface area contributed by atoms with Crippen molar-refractivity contribution in [3.05, 3.63) is 0 Å². The molecule has 0 atom stereocenters. The highest BCUT2D eigenvalue weighted by Gasteiger charge is 2.16. The second-order valence-electron chi connectivity index (χ2n) is 2.78. The van der Waals surface area contributed by atoms with E-state index < -0.39 is 39.0 Å². The molecule has 0 rings (SSSR count). The van der Waals surface area contributed by atoms with Crippen LogP contribution in [0.2, 0.25) is 0 Å². The largest absolute Gasteiger partial charge is 0.378 e. The zero-order valence-corrected chi connectivity index (χ0v) is 10.9. The lowest BCUT2D eigenvalue weighted by Gasteiger charge is -2.03. The molecule has 0 unspecified atom stereocenters. The van der Waals surface area contributed by atoms with Gasteiger partial charge in [-0.25, -0.2) is 0 Å². The molecule has 0 aliphatic heterocycles. The summed E-state index contributed by atoms with van der Waals surface area (Å²) in [7, 11) is 0. The number of imide groups is 2. The smallest absolute Gasteiger partial charge is 0.293 e. The number of nitrogens with two attached hydrogens (primary N) is 2. The van der Waals surface area contributed by atoms with Gasteiger partial charge in [0.1, 0.15) is 6.42 Å². The van der Waals surface area contributed by atoms with Gasteiger partial charge in [0.05, 0.1) is 0 Å². The quantitative estimate of drug-likeness (QED) is 0.214. The van der Waals surface area contributed by atoms with E-state index in [9.17, 15) is 19.2 Å². The highest BCUT2D eigenvalue weighted by Crippen LogP contribution is 2.00. The van der Waals surface area contributed by atoms with E-state index in [1.807, 2.05) is 0 Å². The van der Waals surface area contributed by atoms with Crippen LogP contribution < -0.4 is 22.1 Å². The number of amidine groups is 2. The predicted molar refractivity (Wildman–Crippen MR) is 70.7 cm³/mol. The molecule has 0 aliphatic rings. The molecule has 12 heteroatoms. The normalized spacial score (nSPS) is 9.26. The van der Waals surface area contributed by atoms with E-state index in [0.29, 0.717) is 0 Å². The van der Waals surface area contributed by atoms with Crippen LogP contribution in [-0.4, -0.2) is 32.6 Å². The van der Waals surface area contributed by atoms with Crippen LogP contribution >= 0.6 is 23.5 Å². The van der Waals surface area contributed by atoms with Gasteiger partial charge >= 0.3 is 0 Å². The predicted octanol–water partition coefficient (Wildman–Crippen LogP) is -0.898. The Balaban J connectivity index is 4.09. The van der Waals surface area contributed by atoms with Gasteiger partial charge in [0.15, 0.2) is 10.3 Å². The van der Waals surface area contributed by atoms with Gasteiger partial charge in [-0.15, -0.1) is 0 Å². The van der Waals surface area contributed by atoms with Crippen LogP contribution in [0, 0.1) is 10.8 Å². The number of hydrogen-bond acceptors (Lipinski definition) is 8. The van der Waals surface area contributed by atoms with Gasteiger partial charge in [-0.1, -0.05) is 0 Å². The van der Waals surface area contributed by atoms with Gasteiger partial charge in [0.2, 0.25) is 11.8 Å². The monoisotopic (exact) mass is 306 g/mol. The first-order valence-corrected chi connectivity index (χ1v) is 6.05. The van der Waals surface area contributed by atoms with Crippen LogP contribution in [0.5, 0.6) is 0 Å². The molecule has 0 aromatic heterocycles.